The normalized spacial score (nSPS) is 43.6. The van der Waals surface area contributed by atoms with Crippen LogP contribution in [0, 0.1) is 5.41 Å². The Hall–Kier alpha value is -1.55. The van der Waals surface area contributed by atoms with E-state index in [1.54, 1.807) is 7.11 Å². The van der Waals surface area contributed by atoms with Crippen LogP contribution in [0.2, 0.25) is 0 Å². The van der Waals surface area contributed by atoms with E-state index in [-0.39, 0.29) is 11.0 Å². The number of para-hydroxylation sites is 1. The average molecular weight is 338 g/mol. The van der Waals surface area contributed by atoms with Crippen LogP contribution in [0.4, 0.5) is 5.69 Å². The van der Waals surface area contributed by atoms with Gasteiger partial charge >= 0.3 is 0 Å². The van der Waals surface area contributed by atoms with Gasteiger partial charge in [0.25, 0.3) is 0 Å². The lowest BCUT2D eigenvalue weighted by Crippen LogP contribution is -2.74. The summed E-state index contributed by atoms with van der Waals surface area (Å²) in [6, 6.07) is 7.08. The summed E-state index contributed by atoms with van der Waals surface area (Å²) in [5, 5.41) is 0. The Kier molecular flexibility index (Phi) is 2.57. The number of amides is 1. The molecular weight excluding hydrogens is 312 g/mol. The summed E-state index contributed by atoms with van der Waals surface area (Å²) >= 11 is 0. The van der Waals surface area contributed by atoms with Crippen molar-refractivity contribution in [2.24, 2.45) is 5.41 Å². The van der Waals surface area contributed by atoms with Crippen molar-refractivity contribution in [3.63, 3.8) is 0 Å². The van der Waals surface area contributed by atoms with Gasteiger partial charge in [0.05, 0.1) is 18.3 Å². The molecule has 0 radical (unpaired) electrons. The number of hydrogen-bond donors (Lipinski definition) is 0. The van der Waals surface area contributed by atoms with E-state index < -0.39 is 0 Å². The first-order valence-corrected chi connectivity index (χ1v) is 9.89. The van der Waals surface area contributed by atoms with E-state index in [1.165, 1.54) is 50.8 Å². The summed E-state index contributed by atoms with van der Waals surface area (Å²) in [5.74, 6) is 0.870. The Morgan fingerprint density at radius 1 is 1.12 bits per heavy atom. The van der Waals surface area contributed by atoms with Gasteiger partial charge in [-0.15, -0.1) is 0 Å². The second kappa shape index (κ2) is 4.40. The lowest BCUT2D eigenvalue weighted by Gasteiger charge is -2.68. The van der Waals surface area contributed by atoms with E-state index in [0.717, 1.165) is 30.7 Å². The molecular formula is C21H26N2O2. The molecule has 5 fully saturated rings. The van der Waals surface area contributed by atoms with Crippen LogP contribution in [0.1, 0.15) is 50.5 Å². The van der Waals surface area contributed by atoms with Crippen molar-refractivity contribution in [3.8, 4) is 5.75 Å². The molecule has 0 N–H and O–H groups in total. The predicted octanol–water partition coefficient (Wildman–Crippen LogP) is 3.09. The Morgan fingerprint density at radius 2 is 1.96 bits per heavy atom. The molecule has 25 heavy (non-hydrogen) atoms. The van der Waals surface area contributed by atoms with Crippen molar-refractivity contribution in [3.05, 3.63) is 23.8 Å². The van der Waals surface area contributed by atoms with Crippen LogP contribution >= 0.6 is 0 Å². The van der Waals surface area contributed by atoms with Crippen LogP contribution in [0.3, 0.4) is 0 Å². The van der Waals surface area contributed by atoms with Crippen LogP contribution in [-0.4, -0.2) is 43.1 Å². The van der Waals surface area contributed by atoms with E-state index >= 15 is 0 Å². The van der Waals surface area contributed by atoms with Gasteiger partial charge in [-0.25, -0.2) is 0 Å². The molecule has 3 heterocycles. The fourth-order valence-corrected chi connectivity index (χ4v) is 8.09. The summed E-state index contributed by atoms with van der Waals surface area (Å²) in [5.41, 5.74) is 3.05. The van der Waals surface area contributed by atoms with Crippen LogP contribution in [-0.2, 0) is 10.2 Å². The van der Waals surface area contributed by atoms with Crippen LogP contribution < -0.4 is 9.64 Å². The van der Waals surface area contributed by atoms with Gasteiger partial charge in [-0.2, -0.15) is 0 Å². The Bertz CT molecular complexity index is 767. The van der Waals surface area contributed by atoms with Gasteiger partial charge < -0.3 is 9.64 Å². The SMILES string of the molecule is COc1cccc2c1N(C=O)C13CCC4(CCCN5CC[C@@]21[C@H]54)CC3. The molecule has 2 atom stereocenters. The largest absolute Gasteiger partial charge is 0.495 e. The lowest BCUT2D eigenvalue weighted by atomic mass is 9.41. The minimum atomic E-state index is -0.0236. The number of ether oxygens (including phenoxy) is 1. The number of carbonyl (C=O) groups is 1. The summed E-state index contributed by atoms with van der Waals surface area (Å²) in [4.78, 5) is 17.3. The second-order valence-corrected chi connectivity index (χ2v) is 8.99. The van der Waals surface area contributed by atoms with E-state index in [1.807, 2.05) is 6.07 Å². The van der Waals surface area contributed by atoms with E-state index in [9.17, 15) is 4.79 Å². The number of anilines is 1. The molecule has 4 nitrogen and oxygen atoms in total. The van der Waals surface area contributed by atoms with Gasteiger partial charge in [0.2, 0.25) is 6.41 Å². The Balaban J connectivity index is 1.69. The third kappa shape index (κ3) is 1.32. The molecule has 3 aliphatic carbocycles. The number of piperidine rings is 1. The summed E-state index contributed by atoms with van der Waals surface area (Å²) in [6.45, 7) is 2.43. The molecule has 7 rings (SSSR count). The molecule has 132 valence electrons. The average Bonchev–Trinajstić information content (AvgIpc) is 3.18. The number of hydrogen-bond acceptors (Lipinski definition) is 3. The smallest absolute Gasteiger partial charge is 0.214 e. The van der Waals surface area contributed by atoms with Crippen molar-refractivity contribution in [1.29, 1.82) is 0 Å². The molecule has 0 unspecified atom stereocenters. The first kappa shape index (κ1) is 14.6. The van der Waals surface area contributed by atoms with E-state index in [2.05, 4.69) is 21.9 Å². The van der Waals surface area contributed by atoms with E-state index in [4.69, 9.17) is 4.74 Å². The third-order valence-corrected chi connectivity index (χ3v) is 8.74. The molecule has 4 heteroatoms. The fourth-order valence-electron chi connectivity index (χ4n) is 8.09. The first-order chi connectivity index (χ1) is 12.2. The first-order valence-electron chi connectivity index (χ1n) is 9.89. The monoisotopic (exact) mass is 338 g/mol. The maximum atomic E-state index is 12.4. The molecule has 0 aromatic heterocycles. The van der Waals surface area contributed by atoms with Gasteiger partial charge in [-0.3, -0.25) is 9.69 Å². The number of nitrogens with zero attached hydrogens (tertiary/aromatic N) is 2. The van der Waals surface area contributed by atoms with Gasteiger partial charge in [0, 0.05) is 11.5 Å². The molecule has 3 aliphatic heterocycles. The van der Waals surface area contributed by atoms with Crippen molar-refractivity contribution in [1.82, 2.24) is 4.90 Å². The molecule has 1 aromatic rings. The number of carbonyl (C=O) groups excluding carboxylic acids is 1. The van der Waals surface area contributed by atoms with Crippen molar-refractivity contribution >= 4 is 12.1 Å². The summed E-state index contributed by atoms with van der Waals surface area (Å²) < 4.78 is 5.72. The van der Waals surface area contributed by atoms with Crippen LogP contribution in [0.5, 0.6) is 5.75 Å². The highest BCUT2D eigenvalue weighted by molar-refractivity contribution is 5.89. The zero-order chi connectivity index (χ0) is 16.9. The maximum Gasteiger partial charge on any atom is 0.214 e. The molecule has 6 aliphatic rings. The van der Waals surface area contributed by atoms with Crippen LogP contribution in [0.25, 0.3) is 0 Å². The quantitative estimate of drug-likeness (QED) is 0.777. The minimum Gasteiger partial charge on any atom is -0.495 e. The van der Waals surface area contributed by atoms with Crippen molar-refractivity contribution in [2.75, 3.05) is 25.1 Å². The highest BCUT2D eigenvalue weighted by Crippen LogP contribution is 2.74. The number of benzene rings is 1. The molecule has 1 amide bonds. The topological polar surface area (TPSA) is 32.8 Å². The van der Waals surface area contributed by atoms with E-state index in [0.29, 0.717) is 11.5 Å². The number of fused-ring (bicyclic) bond motifs is 3. The Labute approximate surface area is 149 Å². The highest BCUT2D eigenvalue weighted by Gasteiger charge is 2.77. The minimum absolute atomic E-state index is 0.0236. The predicted molar refractivity (Wildman–Crippen MR) is 96.1 cm³/mol. The highest BCUT2D eigenvalue weighted by atomic mass is 16.5. The van der Waals surface area contributed by atoms with Gasteiger partial charge in [0.1, 0.15) is 5.75 Å². The molecule has 1 aromatic carbocycles. The zero-order valence-electron chi connectivity index (χ0n) is 15.0. The molecule has 2 saturated heterocycles. The Morgan fingerprint density at radius 3 is 2.72 bits per heavy atom. The summed E-state index contributed by atoms with van der Waals surface area (Å²) in [6.07, 6.45) is 9.94. The second-order valence-electron chi connectivity index (χ2n) is 8.99. The third-order valence-electron chi connectivity index (χ3n) is 8.74. The maximum absolute atomic E-state index is 12.4. The zero-order valence-corrected chi connectivity index (χ0v) is 15.0. The molecule has 3 saturated carbocycles. The van der Waals surface area contributed by atoms with Gasteiger partial charge in [0.15, 0.2) is 0 Å². The fraction of sp³-hybridized carbons (Fsp3) is 0.667. The van der Waals surface area contributed by atoms with Gasteiger partial charge in [-0.05, 0) is 75.1 Å². The van der Waals surface area contributed by atoms with Crippen molar-refractivity contribution in [2.45, 2.75) is 61.9 Å². The number of methoxy groups -OCH3 is 1. The molecule has 2 bridgehead atoms. The van der Waals surface area contributed by atoms with Crippen molar-refractivity contribution < 1.29 is 9.53 Å². The lowest BCUT2D eigenvalue weighted by molar-refractivity contribution is -0.121. The van der Waals surface area contributed by atoms with Gasteiger partial charge in [-0.1, -0.05) is 12.1 Å². The standard InChI is InChI=1S/C21H26N2O2/c1-25-16-5-2-4-15-17(16)23(14-24)20-9-7-19(8-10-20)6-3-12-22-13-11-21(15,20)18(19)22/h2,4-5,14,18H,3,6-13H2,1H3/t18-,19?,20?,21+/m1/s1. The molecule has 3 spiro atoms. The number of rotatable bonds is 2. The summed E-state index contributed by atoms with van der Waals surface area (Å²) in [7, 11) is 1.73. The van der Waals surface area contributed by atoms with Crippen LogP contribution in [0.15, 0.2) is 18.2 Å².